The van der Waals surface area contributed by atoms with E-state index in [9.17, 15) is 9.59 Å². The summed E-state index contributed by atoms with van der Waals surface area (Å²) in [6.45, 7) is 0.00969. The largest absolute Gasteiger partial charge is 0.497 e. The van der Waals surface area contributed by atoms with E-state index in [2.05, 4.69) is 5.32 Å². The molecule has 1 aliphatic rings. The molecule has 3 rings (SSSR count). The molecule has 0 unspecified atom stereocenters. The fraction of sp³-hybridized carbons (Fsp3) is 0.333. The van der Waals surface area contributed by atoms with Crippen LogP contribution in [0.4, 0.5) is 5.69 Å². The maximum Gasteiger partial charge on any atom is 0.328 e. The second kappa shape index (κ2) is 5.47. The van der Waals surface area contributed by atoms with Crippen LogP contribution in [0.5, 0.6) is 5.75 Å². The van der Waals surface area contributed by atoms with Crippen molar-refractivity contribution in [3.8, 4) is 5.75 Å². The Balaban J connectivity index is 1.67. The summed E-state index contributed by atoms with van der Waals surface area (Å²) in [6.07, 6.45) is 5.49. The molecule has 1 N–H and O–H groups in total. The van der Waals surface area contributed by atoms with Crippen LogP contribution in [0.1, 0.15) is 18.9 Å². The van der Waals surface area contributed by atoms with E-state index < -0.39 is 0 Å². The first-order valence-corrected chi connectivity index (χ1v) is 6.88. The third kappa shape index (κ3) is 2.99. The van der Waals surface area contributed by atoms with Gasteiger partial charge in [0.1, 0.15) is 12.3 Å². The van der Waals surface area contributed by atoms with Gasteiger partial charge in [-0.3, -0.25) is 13.9 Å². The van der Waals surface area contributed by atoms with Gasteiger partial charge in [0, 0.05) is 30.2 Å². The van der Waals surface area contributed by atoms with Crippen LogP contribution in [0.15, 0.2) is 41.5 Å². The van der Waals surface area contributed by atoms with Gasteiger partial charge in [0.15, 0.2) is 0 Å². The van der Waals surface area contributed by atoms with Gasteiger partial charge in [-0.2, -0.15) is 0 Å². The predicted molar refractivity (Wildman–Crippen MR) is 78.6 cm³/mol. The molecule has 0 aliphatic heterocycles. The Bertz CT molecular complexity index is 713. The number of nitrogens with one attached hydrogen (secondary N) is 1. The fourth-order valence-electron chi connectivity index (χ4n) is 2.24. The number of rotatable bonds is 5. The van der Waals surface area contributed by atoms with E-state index in [4.69, 9.17) is 4.74 Å². The molecule has 1 saturated carbocycles. The van der Waals surface area contributed by atoms with Crippen molar-refractivity contribution in [2.45, 2.75) is 25.4 Å². The molecular formula is C15H17N3O3. The minimum atomic E-state index is -0.237. The topological polar surface area (TPSA) is 65.3 Å². The summed E-state index contributed by atoms with van der Waals surface area (Å²) < 4.78 is 8.22. The minimum Gasteiger partial charge on any atom is -0.497 e. The Hall–Kier alpha value is -2.50. The standard InChI is InChI=1S/C15H17N3O3/c1-21-13-4-2-3-11(9-13)16-14(19)10-17-7-8-18(15(17)20)12-5-6-12/h2-4,7-9,12H,5-6,10H2,1H3,(H,16,19). The molecule has 6 heteroatoms. The number of carbonyl (C=O) groups excluding carboxylic acids is 1. The third-order valence-electron chi connectivity index (χ3n) is 3.48. The van der Waals surface area contributed by atoms with Gasteiger partial charge in [-0.25, -0.2) is 4.79 Å². The SMILES string of the molecule is COc1cccc(NC(=O)Cn2ccn(C3CC3)c2=O)c1. The molecule has 0 radical (unpaired) electrons. The van der Waals surface area contributed by atoms with Crippen molar-refractivity contribution in [2.24, 2.45) is 0 Å². The highest BCUT2D eigenvalue weighted by Gasteiger charge is 2.25. The van der Waals surface area contributed by atoms with Gasteiger partial charge in [-0.05, 0) is 25.0 Å². The van der Waals surface area contributed by atoms with E-state index in [0.29, 0.717) is 17.5 Å². The molecular weight excluding hydrogens is 270 g/mol. The number of nitrogens with zero attached hydrogens (tertiary/aromatic N) is 2. The molecule has 1 aromatic carbocycles. The zero-order chi connectivity index (χ0) is 14.8. The van der Waals surface area contributed by atoms with Crippen LogP contribution >= 0.6 is 0 Å². The Morgan fingerprint density at radius 3 is 2.90 bits per heavy atom. The highest BCUT2D eigenvalue weighted by atomic mass is 16.5. The third-order valence-corrected chi connectivity index (χ3v) is 3.48. The number of amides is 1. The lowest BCUT2D eigenvalue weighted by Crippen LogP contribution is -2.28. The molecule has 0 saturated heterocycles. The van der Waals surface area contributed by atoms with Gasteiger partial charge in [0.25, 0.3) is 0 Å². The summed E-state index contributed by atoms with van der Waals surface area (Å²) >= 11 is 0. The maximum atomic E-state index is 12.1. The summed E-state index contributed by atoms with van der Waals surface area (Å²) in [5.41, 5.74) is 0.521. The van der Waals surface area contributed by atoms with Crippen molar-refractivity contribution >= 4 is 11.6 Å². The summed E-state index contributed by atoms with van der Waals surface area (Å²) in [4.78, 5) is 24.1. The molecule has 1 aromatic heterocycles. The number of benzene rings is 1. The number of ether oxygens (including phenoxy) is 1. The monoisotopic (exact) mass is 287 g/mol. The van der Waals surface area contributed by atoms with Crippen LogP contribution < -0.4 is 15.7 Å². The van der Waals surface area contributed by atoms with E-state index in [0.717, 1.165) is 12.8 Å². The molecule has 0 atom stereocenters. The maximum absolute atomic E-state index is 12.1. The van der Waals surface area contributed by atoms with Gasteiger partial charge in [-0.1, -0.05) is 6.07 Å². The quantitative estimate of drug-likeness (QED) is 0.909. The number of hydrogen-bond acceptors (Lipinski definition) is 3. The Morgan fingerprint density at radius 2 is 2.19 bits per heavy atom. The lowest BCUT2D eigenvalue weighted by Gasteiger charge is -2.07. The van der Waals surface area contributed by atoms with Crippen molar-refractivity contribution < 1.29 is 9.53 Å². The lowest BCUT2D eigenvalue weighted by atomic mass is 10.3. The first-order chi connectivity index (χ1) is 10.2. The van der Waals surface area contributed by atoms with E-state index in [1.165, 1.54) is 4.57 Å². The van der Waals surface area contributed by atoms with Crippen LogP contribution in [0, 0.1) is 0 Å². The van der Waals surface area contributed by atoms with E-state index in [1.54, 1.807) is 48.3 Å². The molecule has 0 bridgehead atoms. The average molecular weight is 287 g/mol. The van der Waals surface area contributed by atoms with Gasteiger partial charge in [-0.15, -0.1) is 0 Å². The zero-order valence-electron chi connectivity index (χ0n) is 11.8. The predicted octanol–water partition coefficient (Wildman–Crippen LogP) is 1.63. The first-order valence-electron chi connectivity index (χ1n) is 6.88. The number of carbonyl (C=O) groups is 1. The normalized spacial score (nSPS) is 14.0. The molecule has 1 fully saturated rings. The smallest absolute Gasteiger partial charge is 0.328 e. The second-order valence-corrected chi connectivity index (χ2v) is 5.13. The number of aromatic nitrogens is 2. The molecule has 21 heavy (non-hydrogen) atoms. The number of imidazole rings is 1. The van der Waals surface area contributed by atoms with Crippen LogP contribution in [0.25, 0.3) is 0 Å². The van der Waals surface area contributed by atoms with Crippen LogP contribution in [0.3, 0.4) is 0 Å². The highest BCUT2D eigenvalue weighted by molar-refractivity contribution is 5.90. The van der Waals surface area contributed by atoms with E-state index >= 15 is 0 Å². The number of anilines is 1. The summed E-state index contributed by atoms with van der Waals surface area (Å²) in [6, 6.07) is 7.43. The van der Waals surface area contributed by atoms with Crippen LogP contribution in [-0.2, 0) is 11.3 Å². The minimum absolute atomic E-state index is 0.00969. The summed E-state index contributed by atoms with van der Waals surface area (Å²) in [7, 11) is 1.57. The van der Waals surface area contributed by atoms with E-state index in [1.807, 2.05) is 0 Å². The van der Waals surface area contributed by atoms with Crippen molar-refractivity contribution in [1.82, 2.24) is 9.13 Å². The van der Waals surface area contributed by atoms with Gasteiger partial charge < -0.3 is 10.1 Å². The van der Waals surface area contributed by atoms with Crippen molar-refractivity contribution in [1.29, 1.82) is 0 Å². The number of hydrogen-bond donors (Lipinski definition) is 1. The average Bonchev–Trinajstić information content (AvgIpc) is 3.25. The zero-order valence-corrected chi connectivity index (χ0v) is 11.8. The van der Waals surface area contributed by atoms with Gasteiger partial charge in [0.2, 0.25) is 5.91 Å². The molecule has 2 aromatic rings. The van der Waals surface area contributed by atoms with E-state index in [-0.39, 0.29) is 18.1 Å². The highest BCUT2D eigenvalue weighted by Crippen LogP contribution is 2.33. The fourth-order valence-corrected chi connectivity index (χ4v) is 2.24. The summed E-state index contributed by atoms with van der Waals surface area (Å²) in [5.74, 6) is 0.434. The van der Waals surface area contributed by atoms with Crippen molar-refractivity contribution in [3.63, 3.8) is 0 Å². The Morgan fingerprint density at radius 1 is 1.38 bits per heavy atom. The first kappa shape index (κ1) is 13.5. The molecule has 6 nitrogen and oxygen atoms in total. The molecule has 0 spiro atoms. The van der Waals surface area contributed by atoms with Gasteiger partial charge >= 0.3 is 5.69 Å². The Labute approximate surface area is 122 Å². The van der Waals surface area contributed by atoms with Crippen LogP contribution in [0.2, 0.25) is 0 Å². The molecule has 1 heterocycles. The molecule has 110 valence electrons. The molecule has 1 amide bonds. The molecule has 1 aliphatic carbocycles. The Kier molecular flexibility index (Phi) is 3.51. The summed E-state index contributed by atoms with van der Waals surface area (Å²) in [5, 5.41) is 2.76. The van der Waals surface area contributed by atoms with Gasteiger partial charge in [0.05, 0.1) is 7.11 Å². The second-order valence-electron chi connectivity index (χ2n) is 5.13. The lowest BCUT2D eigenvalue weighted by molar-refractivity contribution is -0.116. The van der Waals surface area contributed by atoms with Crippen molar-refractivity contribution in [2.75, 3.05) is 12.4 Å². The number of methoxy groups -OCH3 is 1. The van der Waals surface area contributed by atoms with Crippen molar-refractivity contribution in [3.05, 3.63) is 47.1 Å². The van der Waals surface area contributed by atoms with Crippen LogP contribution in [-0.4, -0.2) is 22.2 Å².